The van der Waals surface area contributed by atoms with Crippen LogP contribution in [0.1, 0.15) is 16.7 Å². The lowest BCUT2D eigenvalue weighted by atomic mass is 10.2. The third-order valence-electron chi connectivity index (χ3n) is 2.70. The Balaban J connectivity index is 2.04. The Morgan fingerprint density at radius 2 is 1.71 bits per heavy atom. The van der Waals surface area contributed by atoms with Crippen LogP contribution in [0.2, 0.25) is 0 Å². The largest absolute Gasteiger partial charge is 0.399 e. The lowest BCUT2D eigenvalue weighted by Crippen LogP contribution is -1.87. The number of nitrogen functional groups attached to an aromatic ring is 1. The predicted molar refractivity (Wildman–Crippen MR) is 76.3 cm³/mol. The summed E-state index contributed by atoms with van der Waals surface area (Å²) < 4.78 is 0. The van der Waals surface area contributed by atoms with Crippen LogP contribution in [0.4, 0.5) is 5.69 Å². The van der Waals surface area contributed by atoms with Crippen LogP contribution in [-0.4, -0.2) is 0 Å². The third kappa shape index (κ3) is 3.27. The Morgan fingerprint density at radius 1 is 1.00 bits per heavy atom. The van der Waals surface area contributed by atoms with Crippen LogP contribution in [-0.2, 0) is 5.75 Å². The minimum atomic E-state index is 0.824. The van der Waals surface area contributed by atoms with E-state index in [1.807, 2.05) is 23.9 Å². The number of hydrogen-bond acceptors (Lipinski definition) is 2. The summed E-state index contributed by atoms with van der Waals surface area (Å²) in [5.74, 6) is 0.990. The van der Waals surface area contributed by atoms with Crippen molar-refractivity contribution in [1.82, 2.24) is 0 Å². The summed E-state index contributed by atoms with van der Waals surface area (Å²) in [7, 11) is 0. The van der Waals surface area contributed by atoms with Crippen molar-refractivity contribution in [1.29, 1.82) is 0 Å². The molecule has 2 rings (SSSR count). The first-order chi connectivity index (χ1) is 8.15. The van der Waals surface area contributed by atoms with E-state index in [-0.39, 0.29) is 0 Å². The molecule has 0 saturated heterocycles. The van der Waals surface area contributed by atoms with Crippen molar-refractivity contribution in [3.8, 4) is 0 Å². The van der Waals surface area contributed by atoms with Gasteiger partial charge in [-0.15, -0.1) is 11.8 Å². The summed E-state index contributed by atoms with van der Waals surface area (Å²) >= 11 is 1.87. The molecule has 0 atom stereocenters. The smallest absolute Gasteiger partial charge is 0.0314 e. The van der Waals surface area contributed by atoms with Gasteiger partial charge in [0, 0.05) is 16.3 Å². The fourth-order valence-electron chi connectivity index (χ4n) is 1.74. The number of benzene rings is 2. The van der Waals surface area contributed by atoms with E-state index in [0.29, 0.717) is 0 Å². The molecule has 0 radical (unpaired) electrons. The molecule has 0 aromatic heterocycles. The van der Waals surface area contributed by atoms with Gasteiger partial charge in [-0.05, 0) is 43.2 Å². The van der Waals surface area contributed by atoms with Crippen molar-refractivity contribution in [3.63, 3.8) is 0 Å². The quantitative estimate of drug-likeness (QED) is 0.646. The van der Waals surface area contributed by atoms with Gasteiger partial charge in [-0.3, -0.25) is 0 Å². The number of hydrogen-bond donors (Lipinski definition) is 1. The van der Waals surface area contributed by atoms with Crippen LogP contribution < -0.4 is 5.73 Å². The van der Waals surface area contributed by atoms with Gasteiger partial charge in [0.1, 0.15) is 0 Å². The van der Waals surface area contributed by atoms with E-state index in [1.54, 1.807) is 0 Å². The highest BCUT2D eigenvalue weighted by molar-refractivity contribution is 7.98. The van der Waals surface area contributed by atoms with E-state index in [4.69, 9.17) is 5.73 Å². The molecule has 2 aromatic rings. The number of anilines is 1. The van der Waals surface area contributed by atoms with Gasteiger partial charge in [0.05, 0.1) is 0 Å². The first kappa shape index (κ1) is 12.1. The highest BCUT2D eigenvalue weighted by Crippen LogP contribution is 2.26. The number of nitrogens with two attached hydrogens (primary N) is 1. The molecule has 2 heteroatoms. The summed E-state index contributed by atoms with van der Waals surface area (Å²) in [6, 6.07) is 14.7. The molecule has 0 aliphatic heterocycles. The second kappa shape index (κ2) is 5.28. The molecule has 2 aromatic carbocycles. The lowest BCUT2D eigenvalue weighted by molar-refractivity contribution is 1.25. The summed E-state index contributed by atoms with van der Waals surface area (Å²) in [4.78, 5) is 1.35. The zero-order chi connectivity index (χ0) is 12.3. The first-order valence-electron chi connectivity index (χ1n) is 5.69. The Bertz CT molecular complexity index is 503. The molecule has 0 aliphatic rings. The molecule has 0 fully saturated rings. The van der Waals surface area contributed by atoms with Crippen LogP contribution in [0, 0.1) is 13.8 Å². The minimum absolute atomic E-state index is 0.824. The highest BCUT2D eigenvalue weighted by Gasteiger charge is 2.00. The van der Waals surface area contributed by atoms with Crippen molar-refractivity contribution in [3.05, 3.63) is 59.2 Å². The van der Waals surface area contributed by atoms with Crippen molar-refractivity contribution < 1.29 is 0 Å². The van der Waals surface area contributed by atoms with E-state index in [2.05, 4.69) is 44.2 Å². The van der Waals surface area contributed by atoms with Crippen molar-refractivity contribution >= 4 is 17.4 Å². The first-order valence-corrected chi connectivity index (χ1v) is 6.68. The van der Waals surface area contributed by atoms with Crippen LogP contribution >= 0.6 is 11.8 Å². The van der Waals surface area contributed by atoms with Crippen LogP contribution in [0.15, 0.2) is 47.4 Å². The van der Waals surface area contributed by atoms with Crippen LogP contribution in [0.5, 0.6) is 0 Å². The van der Waals surface area contributed by atoms with Crippen molar-refractivity contribution in [2.45, 2.75) is 24.5 Å². The molecule has 0 amide bonds. The molecule has 0 bridgehead atoms. The van der Waals surface area contributed by atoms with Gasteiger partial charge in [0.15, 0.2) is 0 Å². The summed E-state index contributed by atoms with van der Waals surface area (Å²) in [5, 5.41) is 0. The van der Waals surface area contributed by atoms with Crippen molar-refractivity contribution in [2.75, 3.05) is 5.73 Å². The molecule has 17 heavy (non-hydrogen) atoms. The van der Waals surface area contributed by atoms with Gasteiger partial charge in [-0.1, -0.05) is 29.8 Å². The molecule has 0 saturated carbocycles. The average molecular weight is 243 g/mol. The Hall–Kier alpha value is -1.41. The van der Waals surface area contributed by atoms with E-state index in [0.717, 1.165) is 11.4 Å². The zero-order valence-corrected chi connectivity index (χ0v) is 11.1. The number of rotatable bonds is 3. The number of aryl methyl sites for hydroxylation is 2. The topological polar surface area (TPSA) is 26.0 Å². The molecule has 0 heterocycles. The Morgan fingerprint density at radius 3 is 2.35 bits per heavy atom. The molecule has 88 valence electrons. The lowest BCUT2D eigenvalue weighted by Gasteiger charge is -2.06. The van der Waals surface area contributed by atoms with E-state index in [1.165, 1.54) is 21.6 Å². The van der Waals surface area contributed by atoms with E-state index in [9.17, 15) is 0 Å². The maximum absolute atomic E-state index is 5.67. The fourth-order valence-corrected chi connectivity index (χ4v) is 2.70. The van der Waals surface area contributed by atoms with Gasteiger partial charge in [0.25, 0.3) is 0 Å². The van der Waals surface area contributed by atoms with Gasteiger partial charge in [-0.2, -0.15) is 0 Å². The minimum Gasteiger partial charge on any atom is -0.399 e. The molecule has 2 N–H and O–H groups in total. The molecule has 0 aliphatic carbocycles. The standard InChI is InChI=1S/C15H17NS/c1-11-3-8-15(12(2)9-11)17-10-13-4-6-14(16)7-5-13/h3-9H,10,16H2,1-2H3. The third-order valence-corrected chi connectivity index (χ3v) is 3.95. The molecule has 1 nitrogen and oxygen atoms in total. The zero-order valence-electron chi connectivity index (χ0n) is 10.2. The Kier molecular flexibility index (Phi) is 3.75. The summed E-state index contributed by atoms with van der Waals surface area (Å²) in [6.45, 7) is 4.29. The predicted octanol–water partition coefficient (Wildman–Crippen LogP) is 4.18. The molecule has 0 unspecified atom stereocenters. The summed E-state index contributed by atoms with van der Waals surface area (Å²) in [6.07, 6.45) is 0. The maximum Gasteiger partial charge on any atom is 0.0314 e. The maximum atomic E-state index is 5.67. The Labute approximate surface area is 107 Å². The normalized spacial score (nSPS) is 10.5. The van der Waals surface area contributed by atoms with Crippen LogP contribution in [0.3, 0.4) is 0 Å². The van der Waals surface area contributed by atoms with Crippen LogP contribution in [0.25, 0.3) is 0 Å². The average Bonchev–Trinajstić information content (AvgIpc) is 2.30. The fraction of sp³-hybridized carbons (Fsp3) is 0.200. The van der Waals surface area contributed by atoms with E-state index < -0.39 is 0 Å². The molecule has 0 spiro atoms. The summed E-state index contributed by atoms with van der Waals surface area (Å²) in [5.41, 5.74) is 10.5. The van der Waals surface area contributed by atoms with Crippen molar-refractivity contribution in [2.24, 2.45) is 0 Å². The van der Waals surface area contributed by atoms with Gasteiger partial charge < -0.3 is 5.73 Å². The number of thioether (sulfide) groups is 1. The van der Waals surface area contributed by atoms with Gasteiger partial charge >= 0.3 is 0 Å². The molecular formula is C15H17NS. The SMILES string of the molecule is Cc1ccc(SCc2ccc(N)cc2)c(C)c1. The highest BCUT2D eigenvalue weighted by atomic mass is 32.2. The van der Waals surface area contributed by atoms with E-state index >= 15 is 0 Å². The second-order valence-electron chi connectivity index (χ2n) is 4.30. The van der Waals surface area contributed by atoms with Gasteiger partial charge in [-0.25, -0.2) is 0 Å². The second-order valence-corrected chi connectivity index (χ2v) is 5.32. The monoisotopic (exact) mass is 243 g/mol. The molecular weight excluding hydrogens is 226 g/mol. The van der Waals surface area contributed by atoms with Gasteiger partial charge in [0.2, 0.25) is 0 Å².